The summed E-state index contributed by atoms with van der Waals surface area (Å²) in [6.07, 6.45) is 6.59. The Bertz CT molecular complexity index is 1300. The van der Waals surface area contributed by atoms with E-state index in [9.17, 15) is 10.2 Å². The third-order valence-corrected chi connectivity index (χ3v) is 6.45. The minimum atomic E-state index is -0.882. The molecule has 1 saturated carbocycles. The van der Waals surface area contributed by atoms with E-state index in [2.05, 4.69) is 25.2 Å². The van der Waals surface area contributed by atoms with Crippen molar-refractivity contribution >= 4 is 22.9 Å². The van der Waals surface area contributed by atoms with E-state index in [4.69, 9.17) is 4.98 Å². The van der Waals surface area contributed by atoms with Gasteiger partial charge in [0.15, 0.2) is 17.0 Å². The number of aromatic hydroxyl groups is 1. The van der Waals surface area contributed by atoms with Gasteiger partial charge in [-0.15, -0.1) is 0 Å². The summed E-state index contributed by atoms with van der Waals surface area (Å²) in [4.78, 5) is 14.1. The van der Waals surface area contributed by atoms with Gasteiger partial charge in [-0.25, -0.2) is 4.98 Å². The molecule has 35 heavy (non-hydrogen) atoms. The molecule has 0 bridgehead atoms. The summed E-state index contributed by atoms with van der Waals surface area (Å²) in [7, 11) is 0. The molecule has 2 aromatic carbocycles. The van der Waals surface area contributed by atoms with Gasteiger partial charge in [-0.2, -0.15) is 9.97 Å². The van der Waals surface area contributed by atoms with Gasteiger partial charge in [-0.05, 0) is 43.9 Å². The van der Waals surface area contributed by atoms with Gasteiger partial charge in [0.1, 0.15) is 5.75 Å². The standard InChI is InChI=1S/C27H32N6O2/c1-27(2,35)16-29-26-31-24(23-25(32-26)33(17-30-23)20-7-3-4-8-20)28-15-18-11-13-19(14-12-18)21-9-5-6-10-22(21)34/h5-6,9-14,17,20,34-35H,3-4,7-8,15-16H2,1-2H3,(H2,28,29,31,32). The van der Waals surface area contributed by atoms with Crippen LogP contribution in [0.3, 0.4) is 0 Å². The molecule has 0 radical (unpaired) electrons. The molecule has 1 aliphatic carbocycles. The summed E-state index contributed by atoms with van der Waals surface area (Å²) in [5.41, 5.74) is 3.53. The average molecular weight is 473 g/mol. The lowest BCUT2D eigenvalue weighted by molar-refractivity contribution is 0.0943. The Labute approximate surface area is 205 Å². The van der Waals surface area contributed by atoms with E-state index in [1.165, 1.54) is 12.8 Å². The van der Waals surface area contributed by atoms with E-state index in [-0.39, 0.29) is 5.75 Å². The summed E-state index contributed by atoms with van der Waals surface area (Å²) < 4.78 is 2.17. The van der Waals surface area contributed by atoms with Crippen molar-refractivity contribution in [2.45, 2.75) is 57.7 Å². The first kappa shape index (κ1) is 23.1. The molecular formula is C27H32N6O2. The highest BCUT2D eigenvalue weighted by molar-refractivity contribution is 5.84. The topological polar surface area (TPSA) is 108 Å². The fourth-order valence-electron chi connectivity index (χ4n) is 4.57. The van der Waals surface area contributed by atoms with Crippen molar-refractivity contribution < 1.29 is 10.2 Å². The number of aliphatic hydroxyl groups is 1. The Morgan fingerprint density at radius 1 is 1.00 bits per heavy atom. The maximum Gasteiger partial charge on any atom is 0.226 e. The van der Waals surface area contributed by atoms with Crippen LogP contribution in [0.15, 0.2) is 54.9 Å². The largest absolute Gasteiger partial charge is 0.507 e. The van der Waals surface area contributed by atoms with Crippen molar-refractivity contribution in [2.24, 2.45) is 0 Å². The zero-order chi connectivity index (χ0) is 24.4. The minimum Gasteiger partial charge on any atom is -0.507 e. The number of para-hydroxylation sites is 1. The second-order valence-corrected chi connectivity index (χ2v) is 9.89. The first-order valence-corrected chi connectivity index (χ1v) is 12.2. The second kappa shape index (κ2) is 9.54. The highest BCUT2D eigenvalue weighted by atomic mass is 16.3. The molecule has 0 atom stereocenters. The van der Waals surface area contributed by atoms with Gasteiger partial charge in [0, 0.05) is 24.7 Å². The quantitative estimate of drug-likeness (QED) is 0.282. The number of rotatable bonds is 8. The maximum atomic E-state index is 10.2. The molecule has 0 aliphatic heterocycles. The van der Waals surface area contributed by atoms with Crippen LogP contribution in [-0.2, 0) is 6.54 Å². The smallest absolute Gasteiger partial charge is 0.226 e. The van der Waals surface area contributed by atoms with Gasteiger partial charge in [0.2, 0.25) is 5.95 Å². The van der Waals surface area contributed by atoms with Crippen molar-refractivity contribution in [1.82, 2.24) is 19.5 Å². The van der Waals surface area contributed by atoms with Gasteiger partial charge >= 0.3 is 0 Å². The van der Waals surface area contributed by atoms with Crippen LogP contribution in [0.1, 0.15) is 51.1 Å². The molecule has 2 heterocycles. The van der Waals surface area contributed by atoms with Crippen LogP contribution in [-0.4, -0.2) is 41.9 Å². The molecule has 0 spiro atoms. The van der Waals surface area contributed by atoms with Gasteiger partial charge in [0.05, 0.1) is 11.9 Å². The molecule has 2 aromatic heterocycles. The van der Waals surface area contributed by atoms with Crippen molar-refractivity contribution in [2.75, 3.05) is 17.2 Å². The number of benzene rings is 2. The molecule has 5 rings (SSSR count). The number of phenolic OH excluding ortho intramolecular Hbond substituents is 1. The number of fused-ring (bicyclic) bond motifs is 1. The van der Waals surface area contributed by atoms with Gasteiger partial charge in [-0.1, -0.05) is 55.3 Å². The van der Waals surface area contributed by atoms with E-state index >= 15 is 0 Å². The molecule has 1 aliphatic rings. The van der Waals surface area contributed by atoms with Crippen molar-refractivity contribution in [3.05, 3.63) is 60.4 Å². The lowest BCUT2D eigenvalue weighted by Gasteiger charge is -2.18. The summed E-state index contributed by atoms with van der Waals surface area (Å²) in [5.74, 6) is 1.40. The third-order valence-electron chi connectivity index (χ3n) is 6.45. The van der Waals surface area contributed by atoms with Crippen LogP contribution in [0, 0.1) is 0 Å². The molecule has 8 nitrogen and oxygen atoms in total. The fourth-order valence-corrected chi connectivity index (χ4v) is 4.57. The number of hydrogen-bond acceptors (Lipinski definition) is 7. The maximum absolute atomic E-state index is 10.2. The van der Waals surface area contributed by atoms with Gasteiger partial charge in [-0.3, -0.25) is 0 Å². The zero-order valence-corrected chi connectivity index (χ0v) is 20.2. The van der Waals surface area contributed by atoms with Crippen molar-refractivity contribution in [3.8, 4) is 16.9 Å². The molecule has 4 aromatic rings. The van der Waals surface area contributed by atoms with Crippen LogP contribution in [0.4, 0.5) is 11.8 Å². The highest BCUT2D eigenvalue weighted by Gasteiger charge is 2.22. The number of anilines is 2. The van der Waals surface area contributed by atoms with E-state index in [1.54, 1.807) is 19.9 Å². The number of imidazole rings is 1. The number of hydrogen-bond donors (Lipinski definition) is 4. The van der Waals surface area contributed by atoms with Crippen molar-refractivity contribution in [1.29, 1.82) is 0 Å². The third kappa shape index (κ3) is 5.22. The van der Waals surface area contributed by atoms with Crippen LogP contribution >= 0.6 is 0 Å². The molecular weight excluding hydrogens is 440 g/mol. The van der Waals surface area contributed by atoms with E-state index < -0.39 is 5.60 Å². The van der Waals surface area contributed by atoms with E-state index in [0.29, 0.717) is 30.9 Å². The first-order valence-electron chi connectivity index (χ1n) is 12.2. The monoisotopic (exact) mass is 472 g/mol. The van der Waals surface area contributed by atoms with Crippen molar-refractivity contribution in [3.63, 3.8) is 0 Å². The number of nitrogens with zero attached hydrogens (tertiary/aromatic N) is 4. The summed E-state index contributed by atoms with van der Waals surface area (Å²) in [6, 6.07) is 15.8. The first-order chi connectivity index (χ1) is 16.9. The van der Waals surface area contributed by atoms with Crippen LogP contribution in [0.2, 0.25) is 0 Å². The SMILES string of the molecule is CC(C)(O)CNc1nc(NCc2ccc(-c3ccccc3O)cc2)c2ncn(C3CCCC3)c2n1. The second-order valence-electron chi connectivity index (χ2n) is 9.89. The summed E-state index contributed by atoms with van der Waals surface area (Å²) in [5, 5.41) is 26.9. The Kier molecular flexibility index (Phi) is 6.30. The fraction of sp³-hybridized carbons (Fsp3) is 0.370. The van der Waals surface area contributed by atoms with Gasteiger partial charge in [0.25, 0.3) is 0 Å². The van der Waals surface area contributed by atoms with Crippen LogP contribution < -0.4 is 10.6 Å². The van der Waals surface area contributed by atoms with E-state index in [1.807, 2.05) is 48.8 Å². The number of aromatic nitrogens is 4. The predicted molar refractivity (Wildman–Crippen MR) is 138 cm³/mol. The summed E-state index contributed by atoms with van der Waals surface area (Å²) in [6.45, 7) is 4.40. The Hall–Kier alpha value is -3.65. The number of phenols is 1. The normalized spacial score (nSPS) is 14.5. The molecule has 0 amide bonds. The van der Waals surface area contributed by atoms with Crippen LogP contribution in [0.25, 0.3) is 22.3 Å². The number of nitrogens with one attached hydrogen (secondary N) is 2. The van der Waals surface area contributed by atoms with E-state index in [0.717, 1.165) is 40.7 Å². The van der Waals surface area contributed by atoms with Crippen LogP contribution in [0.5, 0.6) is 5.75 Å². The summed E-state index contributed by atoms with van der Waals surface area (Å²) >= 11 is 0. The lowest BCUT2D eigenvalue weighted by Crippen LogP contribution is -2.30. The Balaban J connectivity index is 1.40. The average Bonchev–Trinajstić information content (AvgIpc) is 3.51. The lowest BCUT2D eigenvalue weighted by atomic mass is 10.0. The molecule has 0 unspecified atom stereocenters. The Morgan fingerprint density at radius 2 is 1.74 bits per heavy atom. The molecule has 182 valence electrons. The molecule has 8 heteroatoms. The highest BCUT2D eigenvalue weighted by Crippen LogP contribution is 2.33. The predicted octanol–water partition coefficient (Wildman–Crippen LogP) is 5.11. The molecule has 0 saturated heterocycles. The van der Waals surface area contributed by atoms with Gasteiger partial charge < -0.3 is 25.4 Å². The molecule has 1 fully saturated rings. The zero-order valence-electron chi connectivity index (χ0n) is 20.2. The Morgan fingerprint density at radius 3 is 2.46 bits per heavy atom. The minimum absolute atomic E-state index is 0.269. The molecule has 4 N–H and O–H groups in total.